The average Bonchev–Trinajstić information content (AvgIpc) is 3.80. The lowest BCUT2D eigenvalue weighted by Crippen LogP contribution is -2.49. The summed E-state index contributed by atoms with van der Waals surface area (Å²) in [5.74, 6) is -3.94. The number of aromatic nitrogens is 2. The third kappa shape index (κ3) is 7.36. The highest BCUT2D eigenvalue weighted by atomic mass is 31.2. The van der Waals surface area contributed by atoms with Gasteiger partial charge in [0.15, 0.2) is 23.2 Å². The van der Waals surface area contributed by atoms with Crippen molar-refractivity contribution in [2.45, 2.75) is 50.4 Å². The molecule has 0 spiro atoms. The molecule has 1 aromatic carbocycles. The number of aromatic carboxylic acids is 1. The minimum absolute atomic E-state index is 0.0300. The van der Waals surface area contributed by atoms with Gasteiger partial charge in [-0.3, -0.25) is 19.0 Å². The number of halogens is 2. The Hall–Kier alpha value is -4.64. The number of phosphoric acid groups is 1. The number of hydrogen-bond acceptors (Lipinski definition) is 10. The first-order valence-electron chi connectivity index (χ1n) is 15.3. The summed E-state index contributed by atoms with van der Waals surface area (Å²) < 4.78 is 60.2. The average molecular weight is 708 g/mol. The van der Waals surface area contributed by atoms with E-state index >= 15 is 8.78 Å². The molecule has 16 nitrogen and oxygen atoms in total. The zero-order valence-electron chi connectivity index (χ0n) is 26.0. The van der Waals surface area contributed by atoms with E-state index in [-0.39, 0.29) is 79.3 Å². The van der Waals surface area contributed by atoms with E-state index in [1.165, 1.54) is 35.1 Å². The number of carboxylic acids is 1. The second kappa shape index (κ2) is 13.0. The number of pyridine rings is 2. The molecule has 3 fully saturated rings. The molecule has 2 aromatic heterocycles. The maximum atomic E-state index is 15.4. The normalized spacial score (nSPS) is 19.2. The third-order valence-corrected chi connectivity index (χ3v) is 9.19. The maximum absolute atomic E-state index is 15.4. The van der Waals surface area contributed by atoms with Crippen LogP contribution in [-0.4, -0.2) is 86.9 Å². The summed E-state index contributed by atoms with van der Waals surface area (Å²) in [7, 11) is -5.10. The van der Waals surface area contributed by atoms with Gasteiger partial charge < -0.3 is 39.2 Å². The van der Waals surface area contributed by atoms with Gasteiger partial charge in [0.2, 0.25) is 11.3 Å². The summed E-state index contributed by atoms with van der Waals surface area (Å²) in [6.07, 6.45) is 1.07. The van der Waals surface area contributed by atoms with Crippen LogP contribution in [0.3, 0.4) is 0 Å². The third-order valence-electron chi connectivity index (χ3n) is 8.57. The molecule has 2 aliphatic heterocycles. The van der Waals surface area contributed by atoms with Gasteiger partial charge in [0, 0.05) is 38.3 Å². The van der Waals surface area contributed by atoms with E-state index in [9.17, 15) is 38.6 Å². The molecule has 2 amide bonds. The molecule has 0 radical (unpaired) electrons. The number of nitrogens with one attached hydrogen (secondary N) is 1. The standard InChI is InChI=1S/C30H32F2N5O11P/c1-16(38)33-12-19-13-37(29(42)47-19)18-4-5-24(22(31)10-18)46-15-30(48-49(43,44)45)6-8-35(9-7-30)27-23(32)11-20-25(39)21(28(40)41)14-36(17-2-3-17)26(20)34-27/h4-5,10-11,14,17,19H,2-3,6-9,12-13,15H2,1H3,(H,33,38)(H,40,41)(H2,43,44,45)/t19-/m1/s1. The quantitative estimate of drug-likeness (QED) is 0.212. The maximum Gasteiger partial charge on any atom is 0.470 e. The van der Waals surface area contributed by atoms with Gasteiger partial charge in [0.05, 0.1) is 24.2 Å². The van der Waals surface area contributed by atoms with Gasteiger partial charge in [-0.1, -0.05) is 0 Å². The molecule has 19 heteroatoms. The minimum Gasteiger partial charge on any atom is -0.487 e. The molecule has 4 heterocycles. The van der Waals surface area contributed by atoms with Crippen molar-refractivity contribution >= 4 is 48.3 Å². The van der Waals surface area contributed by atoms with Crippen molar-refractivity contribution < 1.29 is 56.6 Å². The Labute approximate surface area is 276 Å². The summed E-state index contributed by atoms with van der Waals surface area (Å²) in [5.41, 5.74) is -2.72. The van der Waals surface area contributed by atoms with Crippen molar-refractivity contribution in [3.05, 3.63) is 57.9 Å². The van der Waals surface area contributed by atoms with Crippen LogP contribution in [0.2, 0.25) is 0 Å². The number of cyclic esters (lactones) is 1. The van der Waals surface area contributed by atoms with E-state index in [1.807, 2.05) is 0 Å². The van der Waals surface area contributed by atoms with Crippen LogP contribution in [0, 0.1) is 11.6 Å². The Morgan fingerprint density at radius 1 is 1.14 bits per heavy atom. The van der Waals surface area contributed by atoms with Crippen LogP contribution in [0.15, 0.2) is 35.3 Å². The van der Waals surface area contributed by atoms with Crippen molar-refractivity contribution in [1.82, 2.24) is 14.9 Å². The molecule has 6 rings (SSSR count). The SMILES string of the molecule is CC(=O)NC[C@@H]1CN(c2ccc(OCC3(OP(=O)(O)O)CCN(c4nc5c(cc4F)c(=O)c(C(=O)O)cn5C4CC4)CC3)c(F)c2)C(=O)O1. The number of carbonyl (C=O) groups is 3. The molecular weight excluding hydrogens is 675 g/mol. The Morgan fingerprint density at radius 2 is 1.86 bits per heavy atom. The number of ether oxygens (including phenoxy) is 2. The number of piperidine rings is 1. The zero-order chi connectivity index (χ0) is 35.2. The first kappa shape index (κ1) is 34.2. The number of carboxylic acid groups (broad SMARTS) is 1. The number of anilines is 2. The number of hydrogen-bond donors (Lipinski definition) is 4. The largest absolute Gasteiger partial charge is 0.487 e. The molecule has 0 bridgehead atoms. The molecule has 3 aliphatic rings. The van der Waals surface area contributed by atoms with Crippen LogP contribution in [0.5, 0.6) is 5.75 Å². The zero-order valence-corrected chi connectivity index (χ0v) is 26.9. The van der Waals surface area contributed by atoms with E-state index in [2.05, 4.69) is 10.3 Å². The van der Waals surface area contributed by atoms with Crippen LogP contribution in [0.4, 0.5) is 25.1 Å². The predicted octanol–water partition coefficient (Wildman–Crippen LogP) is 2.70. The second-order valence-corrected chi connectivity index (χ2v) is 13.4. The van der Waals surface area contributed by atoms with Crippen molar-refractivity contribution in [3.8, 4) is 5.75 Å². The summed E-state index contributed by atoms with van der Waals surface area (Å²) >= 11 is 0. The number of amides is 2. The minimum atomic E-state index is -5.10. The number of fused-ring (bicyclic) bond motifs is 1. The number of benzene rings is 1. The van der Waals surface area contributed by atoms with Crippen LogP contribution >= 0.6 is 7.82 Å². The van der Waals surface area contributed by atoms with Crippen molar-refractivity contribution in [3.63, 3.8) is 0 Å². The molecule has 2 saturated heterocycles. The molecule has 4 N–H and O–H groups in total. The monoisotopic (exact) mass is 707 g/mol. The highest BCUT2D eigenvalue weighted by molar-refractivity contribution is 7.46. The number of nitrogens with zero attached hydrogens (tertiary/aromatic N) is 4. The van der Waals surface area contributed by atoms with Crippen LogP contribution in [0.25, 0.3) is 11.0 Å². The lowest BCUT2D eigenvalue weighted by molar-refractivity contribution is -0.119. The summed E-state index contributed by atoms with van der Waals surface area (Å²) in [4.78, 5) is 74.5. The smallest absolute Gasteiger partial charge is 0.470 e. The van der Waals surface area contributed by atoms with Gasteiger partial charge in [0.25, 0.3) is 0 Å². The van der Waals surface area contributed by atoms with Crippen molar-refractivity contribution in [1.29, 1.82) is 0 Å². The molecule has 3 aromatic rings. The van der Waals surface area contributed by atoms with Gasteiger partial charge in [0.1, 0.15) is 29.5 Å². The van der Waals surface area contributed by atoms with Gasteiger partial charge >= 0.3 is 19.9 Å². The number of phosphoric ester groups is 1. The molecule has 0 unspecified atom stereocenters. The van der Waals surface area contributed by atoms with E-state index < -0.39 is 60.8 Å². The summed E-state index contributed by atoms with van der Waals surface area (Å²) in [6, 6.07) is 4.52. The Morgan fingerprint density at radius 3 is 2.47 bits per heavy atom. The summed E-state index contributed by atoms with van der Waals surface area (Å²) in [5, 5.41) is 11.8. The fourth-order valence-electron chi connectivity index (χ4n) is 5.96. The summed E-state index contributed by atoms with van der Waals surface area (Å²) in [6.45, 7) is 0.898. The molecule has 1 atom stereocenters. The number of carbonyl (C=O) groups excluding carboxylic acids is 2. The molecular formula is C30H32F2N5O11P. The fourth-order valence-corrected chi connectivity index (χ4v) is 6.70. The first-order chi connectivity index (χ1) is 23.1. The Balaban J connectivity index is 1.18. The van der Waals surface area contributed by atoms with E-state index in [4.69, 9.17) is 14.0 Å². The van der Waals surface area contributed by atoms with Gasteiger partial charge in [-0.05, 0) is 43.9 Å². The van der Waals surface area contributed by atoms with Crippen LogP contribution in [0.1, 0.15) is 49.0 Å². The molecule has 1 aliphatic carbocycles. The molecule has 262 valence electrons. The fraction of sp³-hybridized carbons (Fsp3) is 0.433. The van der Waals surface area contributed by atoms with Crippen molar-refractivity contribution in [2.24, 2.45) is 0 Å². The highest BCUT2D eigenvalue weighted by Crippen LogP contribution is 2.46. The topological polar surface area (TPSA) is 210 Å². The molecule has 1 saturated carbocycles. The van der Waals surface area contributed by atoms with Crippen molar-refractivity contribution in [2.75, 3.05) is 42.6 Å². The van der Waals surface area contributed by atoms with E-state index in [0.29, 0.717) is 0 Å². The lowest BCUT2D eigenvalue weighted by Gasteiger charge is -2.41. The van der Waals surface area contributed by atoms with Gasteiger partial charge in [-0.25, -0.2) is 27.9 Å². The predicted molar refractivity (Wildman–Crippen MR) is 167 cm³/mol. The number of rotatable bonds is 11. The van der Waals surface area contributed by atoms with Crippen LogP contribution < -0.4 is 25.3 Å². The van der Waals surface area contributed by atoms with Gasteiger partial charge in [-0.15, -0.1) is 0 Å². The van der Waals surface area contributed by atoms with Gasteiger partial charge in [-0.2, -0.15) is 0 Å². The second-order valence-electron chi connectivity index (χ2n) is 12.2. The molecule has 49 heavy (non-hydrogen) atoms. The Kier molecular flexibility index (Phi) is 9.08. The van der Waals surface area contributed by atoms with E-state index in [0.717, 1.165) is 25.0 Å². The van der Waals surface area contributed by atoms with Crippen LogP contribution in [-0.2, 0) is 18.6 Å². The van der Waals surface area contributed by atoms with E-state index in [1.54, 1.807) is 4.57 Å². The Bertz CT molecular complexity index is 1940. The highest BCUT2D eigenvalue weighted by Gasteiger charge is 2.43. The first-order valence-corrected chi connectivity index (χ1v) is 16.8. The lowest BCUT2D eigenvalue weighted by atomic mass is 9.92.